The van der Waals surface area contributed by atoms with Crippen LogP contribution in [0.25, 0.3) is 0 Å². The average Bonchev–Trinajstić information content (AvgIpc) is 3.29. The third-order valence-corrected chi connectivity index (χ3v) is 6.41. The van der Waals surface area contributed by atoms with E-state index in [4.69, 9.17) is 10.3 Å². The normalized spacial score (nSPS) is 19.1. The molecule has 0 saturated carbocycles. The summed E-state index contributed by atoms with van der Waals surface area (Å²) in [4.78, 5) is 0.953. The fourth-order valence-corrected chi connectivity index (χ4v) is 4.55. The van der Waals surface area contributed by atoms with Gasteiger partial charge in [-0.2, -0.15) is 31.5 Å². The third kappa shape index (κ3) is 4.29. The Hall–Kier alpha value is -2.72. The van der Waals surface area contributed by atoms with E-state index in [1.807, 2.05) is 17.5 Å². The van der Waals surface area contributed by atoms with E-state index in [1.54, 1.807) is 0 Å². The van der Waals surface area contributed by atoms with Crippen LogP contribution in [0.2, 0.25) is 0 Å². The molecule has 0 amide bonds. The molecule has 0 radical (unpaired) electrons. The second-order valence-corrected chi connectivity index (χ2v) is 8.42. The van der Waals surface area contributed by atoms with Gasteiger partial charge in [0.15, 0.2) is 0 Å². The van der Waals surface area contributed by atoms with Crippen LogP contribution in [0.5, 0.6) is 0 Å². The van der Waals surface area contributed by atoms with Crippen LogP contribution in [-0.4, -0.2) is 6.10 Å². The molecular weight excluding hydrogens is 454 g/mol. The van der Waals surface area contributed by atoms with E-state index in [0.717, 1.165) is 29.1 Å². The number of benzene rings is 2. The molecule has 10 heteroatoms. The predicted octanol–water partition coefficient (Wildman–Crippen LogP) is 7.59. The highest BCUT2D eigenvalue weighted by Crippen LogP contribution is 2.50. The van der Waals surface area contributed by atoms with Gasteiger partial charge in [0.05, 0.1) is 17.2 Å². The van der Waals surface area contributed by atoms with E-state index >= 15 is 0 Å². The van der Waals surface area contributed by atoms with Gasteiger partial charge in [0.25, 0.3) is 0 Å². The number of thiophene rings is 1. The van der Waals surface area contributed by atoms with Gasteiger partial charge in [-0.15, -0.1) is 11.3 Å². The van der Waals surface area contributed by atoms with Gasteiger partial charge in [-0.3, -0.25) is 0 Å². The molecule has 1 saturated heterocycles. The van der Waals surface area contributed by atoms with Crippen molar-refractivity contribution in [1.29, 1.82) is 5.53 Å². The highest BCUT2D eigenvalue weighted by atomic mass is 32.1. The molecule has 2 atom stereocenters. The largest absolute Gasteiger partial charge is 0.416 e. The molecule has 0 unspecified atom stereocenters. The minimum Gasteiger partial charge on any atom is -0.364 e. The number of ether oxygens (including phenoxy) is 1. The molecule has 1 aliphatic rings. The van der Waals surface area contributed by atoms with E-state index in [-0.39, 0.29) is 29.8 Å². The molecular formula is C22H16F6N2OS. The topological polar surface area (TPSA) is 48.7 Å². The maximum atomic E-state index is 13.0. The van der Waals surface area contributed by atoms with Crippen molar-refractivity contribution in [2.75, 3.05) is 0 Å². The van der Waals surface area contributed by atoms with Crippen LogP contribution < -0.4 is 0 Å². The van der Waals surface area contributed by atoms with Gasteiger partial charge in [-0.05, 0) is 46.8 Å². The van der Waals surface area contributed by atoms with E-state index in [1.165, 1.54) is 35.6 Å². The average molecular weight is 470 g/mol. The summed E-state index contributed by atoms with van der Waals surface area (Å²) in [7, 11) is 0. The molecule has 4 rings (SSSR count). The highest BCUT2D eigenvalue weighted by molar-refractivity contribution is 7.10. The lowest BCUT2D eigenvalue weighted by atomic mass is 9.79. The zero-order chi connectivity index (χ0) is 23.1. The van der Waals surface area contributed by atoms with E-state index in [9.17, 15) is 26.3 Å². The van der Waals surface area contributed by atoms with Crippen LogP contribution in [-0.2, 0) is 22.6 Å². The molecule has 1 aromatic heterocycles. The van der Waals surface area contributed by atoms with E-state index in [2.05, 4.69) is 5.11 Å². The Morgan fingerprint density at radius 1 is 0.781 bits per heavy atom. The highest BCUT2D eigenvalue weighted by Gasteiger charge is 2.49. The number of epoxide rings is 1. The summed E-state index contributed by atoms with van der Waals surface area (Å²) >= 11 is 1.48. The maximum absolute atomic E-state index is 13.0. The van der Waals surface area contributed by atoms with Gasteiger partial charge in [0.1, 0.15) is 11.6 Å². The maximum Gasteiger partial charge on any atom is 0.416 e. The van der Waals surface area contributed by atoms with Crippen molar-refractivity contribution in [2.24, 2.45) is 5.11 Å². The molecule has 2 aromatic carbocycles. The Bertz CT molecular complexity index is 1020. The molecule has 0 spiro atoms. The Morgan fingerprint density at radius 2 is 1.25 bits per heavy atom. The van der Waals surface area contributed by atoms with Crippen molar-refractivity contribution in [2.45, 2.75) is 36.5 Å². The van der Waals surface area contributed by atoms with Gasteiger partial charge < -0.3 is 4.74 Å². The van der Waals surface area contributed by atoms with Crippen molar-refractivity contribution < 1.29 is 31.1 Å². The number of nitrogens with one attached hydrogen (secondary N) is 1. The molecule has 32 heavy (non-hydrogen) atoms. The zero-order valence-electron chi connectivity index (χ0n) is 16.2. The summed E-state index contributed by atoms with van der Waals surface area (Å²) in [5, 5.41) is 5.63. The quantitative estimate of drug-likeness (QED) is 0.225. The number of halogens is 6. The van der Waals surface area contributed by atoms with E-state index < -0.39 is 29.0 Å². The van der Waals surface area contributed by atoms with Gasteiger partial charge >= 0.3 is 12.4 Å². The SMILES string of the molecule is N=NC(C[C@@H]1O[C@@H]1c1cccs1)(c1ccc(C(F)(F)F)cc1)c1ccc(C(F)(F)F)cc1. The van der Waals surface area contributed by atoms with Crippen LogP contribution in [0.1, 0.15) is 39.7 Å². The predicted molar refractivity (Wildman–Crippen MR) is 105 cm³/mol. The fourth-order valence-electron chi connectivity index (χ4n) is 3.74. The van der Waals surface area contributed by atoms with Gasteiger partial charge in [0.2, 0.25) is 0 Å². The van der Waals surface area contributed by atoms with Crippen LogP contribution >= 0.6 is 11.3 Å². The van der Waals surface area contributed by atoms with Crippen LogP contribution in [0.15, 0.2) is 71.2 Å². The monoisotopic (exact) mass is 470 g/mol. The van der Waals surface area contributed by atoms with Gasteiger partial charge in [-0.25, -0.2) is 5.53 Å². The first-order valence-corrected chi connectivity index (χ1v) is 10.4. The summed E-state index contributed by atoms with van der Waals surface area (Å²) < 4.78 is 83.8. The Balaban J connectivity index is 1.74. The van der Waals surface area contributed by atoms with Crippen LogP contribution in [0, 0.1) is 5.53 Å². The molecule has 1 N–H and O–H groups in total. The number of alkyl halides is 6. The van der Waals surface area contributed by atoms with Crippen LogP contribution in [0.4, 0.5) is 26.3 Å². The van der Waals surface area contributed by atoms with Crippen LogP contribution in [0.3, 0.4) is 0 Å². The molecule has 0 bridgehead atoms. The minimum absolute atomic E-state index is 0.0931. The number of hydrogen-bond donors (Lipinski definition) is 1. The van der Waals surface area contributed by atoms with E-state index in [0.29, 0.717) is 0 Å². The lowest BCUT2D eigenvalue weighted by Crippen LogP contribution is -2.27. The Kier molecular flexibility index (Phi) is 5.62. The van der Waals surface area contributed by atoms with Crippen molar-refractivity contribution in [1.82, 2.24) is 0 Å². The molecule has 1 aliphatic heterocycles. The second kappa shape index (κ2) is 8.00. The standard InChI is InChI=1S/C22H16F6N2OS/c23-21(24,25)15-7-3-13(4-8-15)20(30-29,12-17-19(31-17)18-2-1-11-32-18)14-5-9-16(10-6-14)22(26,27)28/h1-11,17,19,29H,12H2/t17-,19-/m0/s1. The molecule has 3 nitrogen and oxygen atoms in total. The number of rotatable bonds is 6. The molecule has 1 fully saturated rings. The molecule has 0 aliphatic carbocycles. The smallest absolute Gasteiger partial charge is 0.364 e. The Labute approximate surface area is 183 Å². The minimum atomic E-state index is -4.54. The molecule has 3 aromatic rings. The van der Waals surface area contributed by atoms with Crippen molar-refractivity contribution >= 4 is 11.3 Å². The first kappa shape index (κ1) is 22.5. The van der Waals surface area contributed by atoms with Crippen molar-refractivity contribution in [3.8, 4) is 0 Å². The van der Waals surface area contributed by atoms with Crippen molar-refractivity contribution in [3.05, 3.63) is 93.2 Å². The fraction of sp³-hybridized carbons (Fsp3) is 0.273. The summed E-state index contributed by atoms with van der Waals surface area (Å²) in [6, 6.07) is 12.1. The first-order chi connectivity index (χ1) is 15.0. The van der Waals surface area contributed by atoms with Gasteiger partial charge in [0, 0.05) is 11.3 Å². The lowest BCUT2D eigenvalue weighted by molar-refractivity contribution is -0.138. The van der Waals surface area contributed by atoms with Crippen molar-refractivity contribution in [3.63, 3.8) is 0 Å². The van der Waals surface area contributed by atoms with Gasteiger partial charge in [-0.1, -0.05) is 30.3 Å². The summed E-state index contributed by atoms with van der Waals surface area (Å²) in [5.41, 5.74) is 5.22. The number of nitrogens with zero attached hydrogens (tertiary/aromatic N) is 1. The molecule has 168 valence electrons. The first-order valence-electron chi connectivity index (χ1n) is 9.47. The number of hydrogen-bond acceptors (Lipinski definition) is 4. The zero-order valence-corrected chi connectivity index (χ0v) is 17.1. The second-order valence-electron chi connectivity index (χ2n) is 7.44. The lowest BCUT2D eigenvalue weighted by Gasteiger charge is -2.29. The summed E-state index contributed by atoms with van der Waals surface area (Å²) in [5.74, 6) is 0. The Morgan fingerprint density at radius 3 is 1.62 bits per heavy atom. The molecule has 2 heterocycles. The third-order valence-electron chi connectivity index (χ3n) is 5.47. The summed E-state index contributed by atoms with van der Waals surface area (Å²) in [6.07, 6.45) is -9.63. The summed E-state index contributed by atoms with van der Waals surface area (Å²) in [6.45, 7) is 0.